The Hall–Kier alpha value is -2.58. The van der Waals surface area contributed by atoms with E-state index in [2.05, 4.69) is 20.7 Å². The van der Waals surface area contributed by atoms with Gasteiger partial charge in [-0.3, -0.25) is 0 Å². The molecule has 6 nitrogen and oxygen atoms in total. The average molecular weight is 327 g/mol. The van der Waals surface area contributed by atoms with E-state index in [-0.39, 0.29) is 19.5 Å². The van der Waals surface area contributed by atoms with Crippen LogP contribution in [-0.2, 0) is 6.54 Å². The van der Waals surface area contributed by atoms with Crippen molar-refractivity contribution in [3.63, 3.8) is 0 Å². The molecule has 2 rings (SSSR count). The van der Waals surface area contributed by atoms with E-state index in [9.17, 15) is 18.0 Å². The van der Waals surface area contributed by atoms with Gasteiger partial charge in [0.1, 0.15) is 0 Å². The highest BCUT2D eigenvalue weighted by molar-refractivity contribution is 5.73. The van der Waals surface area contributed by atoms with Gasteiger partial charge in [-0.2, -0.15) is 18.3 Å². The number of halogens is 3. The van der Waals surface area contributed by atoms with Gasteiger partial charge in [0.15, 0.2) is 5.82 Å². The van der Waals surface area contributed by atoms with Crippen LogP contribution < -0.4 is 10.6 Å². The lowest BCUT2D eigenvalue weighted by Gasteiger charge is -2.09. The molecule has 124 valence electrons. The first-order valence-electron chi connectivity index (χ1n) is 6.97. The summed E-state index contributed by atoms with van der Waals surface area (Å²) in [7, 11) is 0. The number of hydrogen-bond donors (Lipinski definition) is 2. The molecule has 0 aliphatic rings. The van der Waals surface area contributed by atoms with Crippen molar-refractivity contribution in [3.8, 4) is 5.82 Å². The minimum absolute atomic E-state index is 0.0276. The summed E-state index contributed by atoms with van der Waals surface area (Å²) in [6.45, 7) is 0.210. The van der Waals surface area contributed by atoms with Crippen molar-refractivity contribution in [2.24, 2.45) is 0 Å². The van der Waals surface area contributed by atoms with E-state index in [1.165, 1.54) is 0 Å². The molecule has 0 saturated carbocycles. The number of carbonyl (C=O) groups excluding carboxylic acids is 1. The summed E-state index contributed by atoms with van der Waals surface area (Å²) in [5.74, 6) is 0.611. The zero-order valence-electron chi connectivity index (χ0n) is 12.2. The number of nitrogens with zero attached hydrogens (tertiary/aromatic N) is 3. The molecule has 9 heteroatoms. The Morgan fingerprint density at radius 3 is 2.78 bits per heavy atom. The molecule has 0 spiro atoms. The fourth-order valence-electron chi connectivity index (χ4n) is 1.84. The molecule has 0 fully saturated rings. The van der Waals surface area contributed by atoms with Crippen molar-refractivity contribution in [2.45, 2.75) is 25.6 Å². The molecule has 2 N–H and O–H groups in total. The first-order chi connectivity index (χ1) is 10.9. The van der Waals surface area contributed by atoms with E-state index in [1.807, 2.05) is 0 Å². The summed E-state index contributed by atoms with van der Waals surface area (Å²) in [5.41, 5.74) is 0.802. The summed E-state index contributed by atoms with van der Waals surface area (Å²) < 4.78 is 37.5. The number of alkyl halides is 3. The molecule has 0 bridgehead atoms. The smallest absolute Gasteiger partial charge is 0.338 e. The van der Waals surface area contributed by atoms with Crippen LogP contribution in [0.5, 0.6) is 0 Å². The maximum atomic E-state index is 12.0. The van der Waals surface area contributed by atoms with Gasteiger partial charge in [0.25, 0.3) is 0 Å². The van der Waals surface area contributed by atoms with Crippen molar-refractivity contribution >= 4 is 6.03 Å². The molecule has 0 aliphatic heterocycles. The zero-order chi connectivity index (χ0) is 16.7. The molecule has 0 saturated heterocycles. The Balaban J connectivity index is 1.75. The predicted molar refractivity (Wildman–Crippen MR) is 76.9 cm³/mol. The molecule has 0 aromatic carbocycles. The molecule has 2 aromatic rings. The molecule has 2 amide bonds. The van der Waals surface area contributed by atoms with Gasteiger partial charge in [0.2, 0.25) is 0 Å². The van der Waals surface area contributed by atoms with Crippen LogP contribution >= 0.6 is 0 Å². The fourth-order valence-corrected chi connectivity index (χ4v) is 1.84. The number of amides is 2. The van der Waals surface area contributed by atoms with E-state index in [0.717, 1.165) is 5.56 Å². The third-order valence-electron chi connectivity index (χ3n) is 2.92. The topological polar surface area (TPSA) is 71.8 Å². The maximum absolute atomic E-state index is 12.0. The highest BCUT2D eigenvalue weighted by atomic mass is 19.4. The number of hydrogen-bond acceptors (Lipinski definition) is 3. The molecule has 0 atom stereocenters. The number of carbonyl (C=O) groups is 1. The molecular weight excluding hydrogens is 311 g/mol. The van der Waals surface area contributed by atoms with Crippen molar-refractivity contribution in [1.82, 2.24) is 25.4 Å². The number of pyridine rings is 1. The number of rotatable bonds is 6. The minimum atomic E-state index is -4.20. The van der Waals surface area contributed by atoms with Crippen molar-refractivity contribution in [3.05, 3.63) is 42.4 Å². The van der Waals surface area contributed by atoms with Crippen LogP contribution in [0.1, 0.15) is 18.4 Å². The van der Waals surface area contributed by atoms with E-state index in [4.69, 9.17) is 0 Å². The molecule has 2 heterocycles. The van der Waals surface area contributed by atoms with Gasteiger partial charge in [0.05, 0.1) is 0 Å². The number of aromatic nitrogens is 3. The second-order valence-electron chi connectivity index (χ2n) is 4.80. The van der Waals surface area contributed by atoms with Gasteiger partial charge in [-0.25, -0.2) is 14.5 Å². The normalized spacial score (nSPS) is 11.3. The predicted octanol–water partition coefficient (Wildman–Crippen LogP) is 2.41. The summed E-state index contributed by atoms with van der Waals surface area (Å²) >= 11 is 0. The Kier molecular flexibility index (Phi) is 5.56. The van der Waals surface area contributed by atoms with Gasteiger partial charge in [-0.1, -0.05) is 0 Å². The molecule has 2 aromatic heterocycles. The standard InChI is InChI=1S/C14H16F3N5O/c15-14(16,17)4-1-5-19-13(23)20-10-11-3-7-18-12(9-11)22-8-2-6-21-22/h2-3,6-9H,1,4-5,10H2,(H2,19,20,23). The van der Waals surface area contributed by atoms with E-state index < -0.39 is 18.6 Å². The molecule has 0 radical (unpaired) electrons. The van der Waals surface area contributed by atoms with Crippen LogP contribution in [0.15, 0.2) is 36.8 Å². The van der Waals surface area contributed by atoms with E-state index in [1.54, 1.807) is 41.5 Å². The second-order valence-corrected chi connectivity index (χ2v) is 4.80. The largest absolute Gasteiger partial charge is 0.389 e. The molecule has 0 aliphatic carbocycles. The van der Waals surface area contributed by atoms with Crippen LogP contribution in [-0.4, -0.2) is 33.5 Å². The Labute approximate surface area is 130 Å². The Morgan fingerprint density at radius 2 is 2.09 bits per heavy atom. The van der Waals surface area contributed by atoms with Gasteiger partial charge in [-0.15, -0.1) is 0 Å². The summed E-state index contributed by atoms with van der Waals surface area (Å²) in [6, 6.07) is 4.75. The Morgan fingerprint density at radius 1 is 1.26 bits per heavy atom. The first kappa shape index (κ1) is 16.8. The lowest BCUT2D eigenvalue weighted by molar-refractivity contribution is -0.135. The van der Waals surface area contributed by atoms with E-state index >= 15 is 0 Å². The highest BCUT2D eigenvalue weighted by Gasteiger charge is 2.25. The van der Waals surface area contributed by atoms with E-state index in [0.29, 0.717) is 5.82 Å². The van der Waals surface area contributed by atoms with Crippen LogP contribution in [0.2, 0.25) is 0 Å². The van der Waals surface area contributed by atoms with Crippen LogP contribution in [0.3, 0.4) is 0 Å². The average Bonchev–Trinajstić information content (AvgIpc) is 3.03. The zero-order valence-corrected chi connectivity index (χ0v) is 12.2. The second kappa shape index (κ2) is 7.61. The molecule has 0 unspecified atom stereocenters. The van der Waals surface area contributed by atoms with Crippen molar-refractivity contribution in [2.75, 3.05) is 6.54 Å². The molecular formula is C14H16F3N5O. The SMILES string of the molecule is O=C(NCCCC(F)(F)F)NCc1ccnc(-n2cccn2)c1. The summed E-state index contributed by atoms with van der Waals surface area (Å²) in [4.78, 5) is 15.7. The third kappa shape index (κ3) is 5.97. The van der Waals surface area contributed by atoms with Crippen molar-refractivity contribution < 1.29 is 18.0 Å². The van der Waals surface area contributed by atoms with Gasteiger partial charge >= 0.3 is 12.2 Å². The summed E-state index contributed by atoms with van der Waals surface area (Å²) in [6.07, 6.45) is -0.290. The lowest BCUT2D eigenvalue weighted by atomic mass is 10.2. The maximum Gasteiger partial charge on any atom is 0.389 e. The lowest BCUT2D eigenvalue weighted by Crippen LogP contribution is -2.35. The van der Waals surface area contributed by atoms with Crippen LogP contribution in [0.25, 0.3) is 5.82 Å². The van der Waals surface area contributed by atoms with Crippen molar-refractivity contribution in [1.29, 1.82) is 0 Å². The number of nitrogens with one attached hydrogen (secondary N) is 2. The third-order valence-corrected chi connectivity index (χ3v) is 2.92. The fraction of sp³-hybridized carbons (Fsp3) is 0.357. The first-order valence-corrected chi connectivity index (χ1v) is 6.97. The molecule has 23 heavy (non-hydrogen) atoms. The summed E-state index contributed by atoms with van der Waals surface area (Å²) in [5, 5.41) is 9.02. The van der Waals surface area contributed by atoms with Crippen LogP contribution in [0.4, 0.5) is 18.0 Å². The number of urea groups is 1. The van der Waals surface area contributed by atoms with Gasteiger partial charge in [0, 0.05) is 38.1 Å². The quantitative estimate of drug-likeness (QED) is 0.800. The highest BCUT2D eigenvalue weighted by Crippen LogP contribution is 2.20. The van der Waals surface area contributed by atoms with Gasteiger partial charge < -0.3 is 10.6 Å². The van der Waals surface area contributed by atoms with Crippen LogP contribution in [0, 0.1) is 0 Å². The van der Waals surface area contributed by atoms with Gasteiger partial charge in [-0.05, 0) is 30.2 Å². The minimum Gasteiger partial charge on any atom is -0.338 e. The Bertz CT molecular complexity index is 628. The monoisotopic (exact) mass is 327 g/mol.